The SMILES string of the molecule is COc1ccc(C2OC(=O)N3CC(=O)CCC23)cc1OC. The van der Waals surface area contributed by atoms with Crippen LogP contribution in [0.5, 0.6) is 11.5 Å². The van der Waals surface area contributed by atoms with Crippen LogP contribution in [0.25, 0.3) is 0 Å². The molecule has 3 rings (SSSR count). The molecule has 2 saturated heterocycles. The fourth-order valence-corrected chi connectivity index (χ4v) is 2.94. The molecule has 1 amide bonds. The molecule has 1 aromatic rings. The van der Waals surface area contributed by atoms with Crippen molar-refractivity contribution < 1.29 is 23.8 Å². The lowest BCUT2D eigenvalue weighted by molar-refractivity contribution is -0.122. The number of hydrogen-bond donors (Lipinski definition) is 0. The molecular formula is C15H17NO5. The van der Waals surface area contributed by atoms with E-state index in [0.717, 1.165) is 5.56 Å². The summed E-state index contributed by atoms with van der Waals surface area (Å²) in [5.41, 5.74) is 0.850. The Morgan fingerprint density at radius 3 is 2.67 bits per heavy atom. The zero-order chi connectivity index (χ0) is 15.0. The molecule has 21 heavy (non-hydrogen) atoms. The Hall–Kier alpha value is -2.24. The fraction of sp³-hybridized carbons (Fsp3) is 0.467. The highest BCUT2D eigenvalue weighted by Crippen LogP contribution is 2.39. The van der Waals surface area contributed by atoms with E-state index >= 15 is 0 Å². The monoisotopic (exact) mass is 291 g/mol. The van der Waals surface area contributed by atoms with Crippen LogP contribution in [0.3, 0.4) is 0 Å². The molecule has 112 valence electrons. The average molecular weight is 291 g/mol. The van der Waals surface area contributed by atoms with Gasteiger partial charge in [-0.1, -0.05) is 6.07 Å². The minimum atomic E-state index is -0.423. The molecule has 1 aromatic carbocycles. The maximum atomic E-state index is 11.9. The van der Waals surface area contributed by atoms with Crippen molar-refractivity contribution in [2.45, 2.75) is 25.0 Å². The van der Waals surface area contributed by atoms with E-state index in [-0.39, 0.29) is 24.5 Å². The van der Waals surface area contributed by atoms with Crippen molar-refractivity contribution in [3.05, 3.63) is 23.8 Å². The van der Waals surface area contributed by atoms with Crippen LogP contribution in [0.4, 0.5) is 4.79 Å². The molecule has 2 unspecified atom stereocenters. The Labute approximate surface area is 122 Å². The first-order valence-electron chi connectivity index (χ1n) is 6.85. The summed E-state index contributed by atoms with van der Waals surface area (Å²) in [5.74, 6) is 1.30. The summed E-state index contributed by atoms with van der Waals surface area (Å²) in [6.45, 7) is 0.146. The zero-order valence-electron chi connectivity index (χ0n) is 12.0. The highest BCUT2D eigenvalue weighted by molar-refractivity contribution is 5.86. The van der Waals surface area contributed by atoms with Crippen molar-refractivity contribution in [1.29, 1.82) is 0 Å². The number of ether oxygens (including phenoxy) is 3. The molecule has 6 nitrogen and oxygen atoms in total. The van der Waals surface area contributed by atoms with Gasteiger partial charge in [0.2, 0.25) is 0 Å². The predicted octanol–water partition coefficient (Wildman–Crippen LogP) is 1.93. The maximum absolute atomic E-state index is 11.9. The molecule has 6 heteroatoms. The summed E-state index contributed by atoms with van der Waals surface area (Å²) < 4.78 is 15.9. The van der Waals surface area contributed by atoms with Crippen molar-refractivity contribution in [3.63, 3.8) is 0 Å². The van der Waals surface area contributed by atoms with Crippen LogP contribution in [-0.4, -0.2) is 43.6 Å². The second-order valence-corrected chi connectivity index (χ2v) is 5.19. The number of Topliss-reactive ketones (excluding diaryl/α,β-unsaturated/α-hetero) is 1. The number of carbonyl (C=O) groups is 2. The molecule has 2 heterocycles. The summed E-state index contributed by atoms with van der Waals surface area (Å²) in [4.78, 5) is 24.9. The van der Waals surface area contributed by atoms with E-state index in [4.69, 9.17) is 14.2 Å². The summed E-state index contributed by atoms with van der Waals surface area (Å²) >= 11 is 0. The maximum Gasteiger partial charge on any atom is 0.411 e. The number of fused-ring (bicyclic) bond motifs is 1. The minimum absolute atomic E-state index is 0.0798. The topological polar surface area (TPSA) is 65.1 Å². The number of amides is 1. The molecule has 0 saturated carbocycles. The van der Waals surface area contributed by atoms with Crippen LogP contribution in [0.2, 0.25) is 0 Å². The van der Waals surface area contributed by atoms with E-state index in [9.17, 15) is 9.59 Å². The van der Waals surface area contributed by atoms with Crippen molar-refractivity contribution in [3.8, 4) is 11.5 Å². The lowest BCUT2D eigenvalue weighted by Crippen LogP contribution is -2.42. The third-order valence-electron chi connectivity index (χ3n) is 4.01. The van der Waals surface area contributed by atoms with Crippen LogP contribution in [-0.2, 0) is 9.53 Å². The number of piperidine rings is 1. The van der Waals surface area contributed by atoms with E-state index in [1.165, 1.54) is 4.90 Å². The number of methoxy groups -OCH3 is 2. The molecule has 2 fully saturated rings. The van der Waals surface area contributed by atoms with E-state index < -0.39 is 6.09 Å². The number of carbonyl (C=O) groups excluding carboxylic acids is 2. The van der Waals surface area contributed by atoms with E-state index in [1.807, 2.05) is 12.1 Å². The Balaban J connectivity index is 1.90. The second-order valence-electron chi connectivity index (χ2n) is 5.19. The summed E-state index contributed by atoms with van der Waals surface area (Å²) in [5, 5.41) is 0. The molecule has 0 N–H and O–H groups in total. The number of rotatable bonds is 3. The molecule has 2 aliphatic rings. The molecule has 0 aromatic heterocycles. The van der Waals surface area contributed by atoms with E-state index in [1.54, 1.807) is 20.3 Å². The smallest absolute Gasteiger partial charge is 0.411 e. The van der Waals surface area contributed by atoms with Crippen molar-refractivity contribution in [2.75, 3.05) is 20.8 Å². The Bertz CT molecular complexity index is 585. The minimum Gasteiger partial charge on any atom is -0.493 e. The van der Waals surface area contributed by atoms with Gasteiger partial charge < -0.3 is 14.2 Å². The van der Waals surface area contributed by atoms with Crippen LogP contribution in [0.15, 0.2) is 18.2 Å². The first-order valence-corrected chi connectivity index (χ1v) is 6.85. The number of hydrogen-bond acceptors (Lipinski definition) is 5. The standard InChI is InChI=1S/C15H17NO5/c1-19-12-6-3-9(7-13(12)20-2)14-11-5-4-10(17)8-16(11)15(18)21-14/h3,6-7,11,14H,4-5,8H2,1-2H3. The van der Waals surface area contributed by atoms with Crippen molar-refractivity contribution >= 4 is 11.9 Å². The normalized spacial score (nSPS) is 24.6. The first kappa shape index (κ1) is 13.7. The summed E-state index contributed by atoms with van der Waals surface area (Å²) in [6.07, 6.45) is 0.323. The summed E-state index contributed by atoms with van der Waals surface area (Å²) in [6, 6.07) is 5.38. The van der Waals surface area contributed by atoms with E-state index in [2.05, 4.69) is 0 Å². The zero-order valence-corrected chi connectivity index (χ0v) is 12.0. The Morgan fingerprint density at radius 2 is 1.95 bits per heavy atom. The number of cyclic esters (lactones) is 1. The quantitative estimate of drug-likeness (QED) is 0.851. The molecule has 0 radical (unpaired) electrons. The third kappa shape index (κ3) is 2.30. The van der Waals surface area contributed by atoms with Crippen LogP contribution < -0.4 is 9.47 Å². The lowest BCUT2D eigenvalue weighted by atomic mass is 9.94. The molecule has 0 aliphatic carbocycles. The van der Waals surface area contributed by atoms with Gasteiger partial charge >= 0.3 is 6.09 Å². The molecule has 2 atom stereocenters. The number of nitrogens with zero attached hydrogens (tertiary/aromatic N) is 1. The third-order valence-corrected chi connectivity index (χ3v) is 4.01. The number of benzene rings is 1. The van der Waals surface area contributed by atoms with Gasteiger partial charge in [-0.05, 0) is 24.1 Å². The first-order chi connectivity index (χ1) is 10.1. The van der Waals surface area contributed by atoms with E-state index in [0.29, 0.717) is 24.3 Å². The highest BCUT2D eigenvalue weighted by Gasteiger charge is 2.45. The van der Waals surface area contributed by atoms with Crippen LogP contribution in [0, 0.1) is 0 Å². The van der Waals surface area contributed by atoms with Crippen LogP contribution in [0.1, 0.15) is 24.5 Å². The highest BCUT2D eigenvalue weighted by atomic mass is 16.6. The van der Waals surface area contributed by atoms with Gasteiger partial charge in [0.25, 0.3) is 0 Å². The van der Waals surface area contributed by atoms with Gasteiger partial charge in [-0.15, -0.1) is 0 Å². The molecule has 2 aliphatic heterocycles. The van der Waals surface area contributed by atoms with Gasteiger partial charge in [0, 0.05) is 6.42 Å². The largest absolute Gasteiger partial charge is 0.493 e. The lowest BCUT2D eigenvalue weighted by Gasteiger charge is -2.28. The Morgan fingerprint density at radius 1 is 1.19 bits per heavy atom. The molecule has 0 spiro atoms. The molecular weight excluding hydrogens is 274 g/mol. The van der Waals surface area contributed by atoms with Gasteiger partial charge in [0.15, 0.2) is 17.3 Å². The molecule has 0 bridgehead atoms. The van der Waals surface area contributed by atoms with Gasteiger partial charge in [-0.3, -0.25) is 9.69 Å². The van der Waals surface area contributed by atoms with Crippen molar-refractivity contribution in [2.24, 2.45) is 0 Å². The predicted molar refractivity (Wildman–Crippen MR) is 73.5 cm³/mol. The average Bonchev–Trinajstić information content (AvgIpc) is 2.83. The van der Waals surface area contributed by atoms with Gasteiger partial charge in [0.05, 0.1) is 26.8 Å². The van der Waals surface area contributed by atoms with Gasteiger partial charge in [-0.2, -0.15) is 0 Å². The van der Waals surface area contributed by atoms with Gasteiger partial charge in [-0.25, -0.2) is 4.79 Å². The summed E-state index contributed by atoms with van der Waals surface area (Å²) in [7, 11) is 3.13. The van der Waals surface area contributed by atoms with Crippen molar-refractivity contribution in [1.82, 2.24) is 4.90 Å². The second kappa shape index (κ2) is 5.27. The Kier molecular flexibility index (Phi) is 3.45. The van der Waals surface area contributed by atoms with Gasteiger partial charge in [0.1, 0.15) is 6.10 Å². The number of ketones is 1. The fourth-order valence-electron chi connectivity index (χ4n) is 2.94. The van der Waals surface area contributed by atoms with Crippen LogP contribution >= 0.6 is 0 Å².